The predicted molar refractivity (Wildman–Crippen MR) is 123 cm³/mol. The van der Waals surface area contributed by atoms with E-state index in [2.05, 4.69) is 15.4 Å². The molecule has 2 aliphatic carbocycles. The van der Waals surface area contributed by atoms with Crippen LogP contribution in [0.25, 0.3) is 0 Å². The summed E-state index contributed by atoms with van der Waals surface area (Å²) in [5.41, 5.74) is 0.833. The average Bonchev–Trinajstić information content (AvgIpc) is 3.46. The van der Waals surface area contributed by atoms with Crippen LogP contribution < -0.4 is 5.32 Å². The van der Waals surface area contributed by atoms with Crippen LogP contribution in [0.3, 0.4) is 0 Å². The Bertz CT molecular complexity index is 1270. The fraction of sp³-hybridized carbons (Fsp3) is 0.458. The highest BCUT2D eigenvalue weighted by Crippen LogP contribution is 2.57. The molecular weight excluding hydrogens is 464 g/mol. The molecule has 0 spiro atoms. The van der Waals surface area contributed by atoms with Crippen LogP contribution in [-0.2, 0) is 19.7 Å². The Labute approximate surface area is 200 Å². The van der Waals surface area contributed by atoms with Gasteiger partial charge in [0.25, 0.3) is 5.91 Å². The standard InChI is InChI=1S/C24H26ClF2N5O2/c1-12-19(27)22(32(3)30-12)24(34)9-14-6-13(7-15(14)10-24)20-21(31(2)11-28-20)23(33)29-16-4-5-18(26)17(25)8-16/h4-5,8,11,13-15,34H,6-7,9-10H2,1-3H3,(H,29,33). The number of nitrogens with one attached hydrogen (secondary N) is 1. The van der Waals surface area contributed by atoms with Crippen molar-refractivity contribution in [2.75, 3.05) is 5.32 Å². The summed E-state index contributed by atoms with van der Waals surface area (Å²) in [6.45, 7) is 1.60. The molecule has 2 aliphatic rings. The van der Waals surface area contributed by atoms with Crippen molar-refractivity contribution < 1.29 is 18.7 Å². The molecule has 7 nitrogen and oxygen atoms in total. The zero-order valence-corrected chi connectivity index (χ0v) is 19.9. The number of aryl methyl sites for hydroxylation is 3. The highest BCUT2D eigenvalue weighted by Gasteiger charge is 2.52. The number of halogens is 3. The van der Waals surface area contributed by atoms with Crippen LogP contribution >= 0.6 is 11.6 Å². The second-order valence-electron chi connectivity index (χ2n) is 9.67. The summed E-state index contributed by atoms with van der Waals surface area (Å²) in [6, 6.07) is 4.02. The lowest BCUT2D eigenvalue weighted by molar-refractivity contribution is 0.0227. The summed E-state index contributed by atoms with van der Waals surface area (Å²) in [5.74, 6) is -0.905. The van der Waals surface area contributed by atoms with Crippen molar-refractivity contribution in [2.45, 2.75) is 44.1 Å². The van der Waals surface area contributed by atoms with Gasteiger partial charge in [-0.1, -0.05) is 11.6 Å². The first-order valence-corrected chi connectivity index (χ1v) is 11.6. The maximum atomic E-state index is 14.7. The van der Waals surface area contributed by atoms with Gasteiger partial charge in [-0.25, -0.2) is 13.8 Å². The molecule has 2 atom stereocenters. The fourth-order valence-electron chi connectivity index (χ4n) is 6.01. The Morgan fingerprint density at radius 1 is 1.24 bits per heavy atom. The van der Waals surface area contributed by atoms with E-state index < -0.39 is 17.2 Å². The van der Waals surface area contributed by atoms with Gasteiger partial charge in [-0.2, -0.15) is 5.10 Å². The molecule has 2 unspecified atom stereocenters. The van der Waals surface area contributed by atoms with Crippen molar-refractivity contribution in [2.24, 2.45) is 25.9 Å². The Morgan fingerprint density at radius 2 is 1.91 bits per heavy atom. The molecule has 0 radical (unpaired) electrons. The molecule has 1 amide bonds. The van der Waals surface area contributed by atoms with Crippen LogP contribution in [0, 0.1) is 30.4 Å². The van der Waals surface area contributed by atoms with Crippen LogP contribution in [-0.4, -0.2) is 30.3 Å². The number of fused-ring (bicyclic) bond motifs is 1. The Hall–Kier alpha value is -2.78. The van der Waals surface area contributed by atoms with Crippen molar-refractivity contribution >= 4 is 23.2 Å². The monoisotopic (exact) mass is 489 g/mol. The Balaban J connectivity index is 1.34. The first-order valence-electron chi connectivity index (χ1n) is 11.3. The molecule has 3 aromatic rings. The van der Waals surface area contributed by atoms with Gasteiger partial charge >= 0.3 is 0 Å². The highest BCUT2D eigenvalue weighted by molar-refractivity contribution is 6.31. The molecule has 0 bridgehead atoms. The molecule has 10 heteroatoms. The minimum atomic E-state index is -1.24. The minimum absolute atomic E-state index is 0.0522. The highest BCUT2D eigenvalue weighted by atomic mass is 35.5. The number of anilines is 1. The molecule has 2 N–H and O–H groups in total. The van der Waals surface area contributed by atoms with E-state index in [-0.39, 0.29) is 40.1 Å². The van der Waals surface area contributed by atoms with Crippen molar-refractivity contribution in [3.8, 4) is 0 Å². The molecular formula is C24H26ClF2N5O2. The normalized spacial score (nSPS) is 26.1. The first kappa shape index (κ1) is 23.0. The van der Waals surface area contributed by atoms with Gasteiger partial charge in [0, 0.05) is 25.7 Å². The van der Waals surface area contributed by atoms with E-state index in [1.54, 1.807) is 31.9 Å². The molecule has 2 fully saturated rings. The second-order valence-corrected chi connectivity index (χ2v) is 10.1. The Kier molecular flexibility index (Phi) is 5.52. The van der Waals surface area contributed by atoms with E-state index in [1.165, 1.54) is 22.9 Å². The van der Waals surface area contributed by atoms with E-state index >= 15 is 0 Å². The lowest BCUT2D eigenvalue weighted by atomic mass is 9.89. The predicted octanol–water partition coefficient (Wildman–Crippen LogP) is 4.44. The minimum Gasteiger partial charge on any atom is -0.383 e. The van der Waals surface area contributed by atoms with Crippen molar-refractivity contribution in [3.05, 3.63) is 64.0 Å². The summed E-state index contributed by atoms with van der Waals surface area (Å²) in [4.78, 5) is 17.6. The third-order valence-electron chi connectivity index (χ3n) is 7.38. The second kappa shape index (κ2) is 8.16. The van der Waals surface area contributed by atoms with Gasteiger partial charge in [-0.15, -0.1) is 0 Å². The largest absolute Gasteiger partial charge is 0.383 e. The van der Waals surface area contributed by atoms with Crippen LogP contribution in [0.2, 0.25) is 5.02 Å². The molecule has 0 aliphatic heterocycles. The lowest BCUT2D eigenvalue weighted by Gasteiger charge is -2.25. The third-order valence-corrected chi connectivity index (χ3v) is 7.67. The summed E-state index contributed by atoms with van der Waals surface area (Å²) >= 11 is 5.84. The number of carbonyl (C=O) groups excluding carboxylic acids is 1. The molecule has 2 saturated carbocycles. The van der Waals surface area contributed by atoms with Gasteiger partial charge in [0.1, 0.15) is 22.8 Å². The molecule has 180 valence electrons. The summed E-state index contributed by atoms with van der Waals surface area (Å²) in [5, 5.41) is 18.2. The summed E-state index contributed by atoms with van der Waals surface area (Å²) in [6.07, 6.45) is 4.02. The molecule has 0 saturated heterocycles. The number of benzene rings is 1. The molecule has 1 aromatic carbocycles. The number of rotatable bonds is 4. The smallest absolute Gasteiger partial charge is 0.274 e. The topological polar surface area (TPSA) is 85.0 Å². The van der Waals surface area contributed by atoms with E-state index in [9.17, 15) is 18.7 Å². The summed E-state index contributed by atoms with van der Waals surface area (Å²) < 4.78 is 31.3. The molecule has 34 heavy (non-hydrogen) atoms. The number of imidazole rings is 1. The third kappa shape index (κ3) is 3.71. The van der Waals surface area contributed by atoms with Gasteiger partial charge in [0.15, 0.2) is 5.82 Å². The van der Waals surface area contributed by atoms with E-state index in [1.807, 2.05) is 0 Å². The molecule has 5 rings (SSSR count). The van der Waals surface area contributed by atoms with Gasteiger partial charge < -0.3 is 15.0 Å². The first-order chi connectivity index (χ1) is 16.1. The van der Waals surface area contributed by atoms with Gasteiger partial charge in [-0.3, -0.25) is 9.48 Å². The zero-order chi connectivity index (χ0) is 24.4. The van der Waals surface area contributed by atoms with Gasteiger partial charge in [0.2, 0.25) is 0 Å². The number of hydrogen-bond donors (Lipinski definition) is 2. The van der Waals surface area contributed by atoms with E-state index in [0.29, 0.717) is 29.9 Å². The summed E-state index contributed by atoms with van der Waals surface area (Å²) in [7, 11) is 3.42. The molecule has 2 heterocycles. The van der Waals surface area contributed by atoms with Gasteiger partial charge in [0.05, 0.1) is 22.7 Å². The van der Waals surface area contributed by atoms with Crippen molar-refractivity contribution in [1.29, 1.82) is 0 Å². The Morgan fingerprint density at radius 3 is 2.50 bits per heavy atom. The zero-order valence-electron chi connectivity index (χ0n) is 19.1. The number of aliphatic hydroxyl groups is 1. The molecule has 2 aromatic heterocycles. The van der Waals surface area contributed by atoms with Crippen LogP contribution in [0.15, 0.2) is 24.5 Å². The number of hydrogen-bond acceptors (Lipinski definition) is 4. The lowest BCUT2D eigenvalue weighted by Crippen LogP contribution is -2.27. The maximum absolute atomic E-state index is 14.7. The van der Waals surface area contributed by atoms with Crippen molar-refractivity contribution in [1.82, 2.24) is 19.3 Å². The fourth-order valence-corrected chi connectivity index (χ4v) is 6.19. The van der Waals surface area contributed by atoms with Crippen molar-refractivity contribution in [3.63, 3.8) is 0 Å². The number of aromatic nitrogens is 4. The number of amides is 1. The van der Waals surface area contributed by atoms with Crippen LogP contribution in [0.5, 0.6) is 0 Å². The SMILES string of the molecule is Cc1nn(C)c(C2(O)CC3CC(c4ncn(C)c4C(=O)Nc4ccc(F)c(Cl)c4)CC3C2)c1F. The number of nitrogens with zero attached hydrogens (tertiary/aromatic N) is 4. The number of carbonyl (C=O) groups is 1. The van der Waals surface area contributed by atoms with Gasteiger partial charge in [-0.05, 0) is 62.6 Å². The maximum Gasteiger partial charge on any atom is 0.274 e. The van der Waals surface area contributed by atoms with E-state index in [4.69, 9.17) is 11.6 Å². The average molecular weight is 490 g/mol. The van der Waals surface area contributed by atoms with Crippen LogP contribution in [0.4, 0.5) is 14.5 Å². The van der Waals surface area contributed by atoms with Crippen LogP contribution in [0.1, 0.15) is 59.2 Å². The van der Waals surface area contributed by atoms with E-state index in [0.717, 1.165) is 12.8 Å². The quantitative estimate of drug-likeness (QED) is 0.567.